The van der Waals surface area contributed by atoms with Crippen molar-refractivity contribution in [1.82, 2.24) is 14.9 Å². The summed E-state index contributed by atoms with van der Waals surface area (Å²) in [5, 5.41) is 3.64. The van der Waals surface area contributed by atoms with Crippen molar-refractivity contribution in [3.8, 4) is 0 Å². The Bertz CT molecular complexity index is 429. The van der Waals surface area contributed by atoms with Gasteiger partial charge in [-0.1, -0.05) is 25.4 Å². The van der Waals surface area contributed by atoms with Gasteiger partial charge in [0.15, 0.2) is 11.0 Å². The van der Waals surface area contributed by atoms with Crippen LogP contribution in [0.15, 0.2) is 0 Å². The molecule has 0 saturated heterocycles. The lowest BCUT2D eigenvalue weighted by atomic mass is 10.3. The lowest BCUT2D eigenvalue weighted by Crippen LogP contribution is -2.29. The molecule has 1 saturated carbocycles. The van der Waals surface area contributed by atoms with Crippen LogP contribution >= 0.6 is 11.6 Å². The number of nitrogens with two attached hydrogens (primary N) is 1. The molecule has 1 fully saturated rings. The fraction of sp³-hybridized carbons (Fsp3) is 0.692. The smallest absolute Gasteiger partial charge is 0.157 e. The first-order valence-corrected chi connectivity index (χ1v) is 7.32. The third-order valence-electron chi connectivity index (χ3n) is 3.47. The van der Waals surface area contributed by atoms with E-state index < -0.39 is 0 Å². The van der Waals surface area contributed by atoms with E-state index in [2.05, 4.69) is 34.0 Å². The molecule has 1 aromatic rings. The van der Waals surface area contributed by atoms with Gasteiger partial charge in [0.25, 0.3) is 0 Å². The molecule has 0 aromatic carbocycles. The van der Waals surface area contributed by atoms with Gasteiger partial charge in [0, 0.05) is 19.0 Å². The van der Waals surface area contributed by atoms with Gasteiger partial charge in [-0.05, 0) is 25.9 Å². The Morgan fingerprint density at radius 1 is 1.32 bits per heavy atom. The normalized spacial score (nSPS) is 14.9. The molecule has 5 nitrogen and oxygen atoms in total. The van der Waals surface area contributed by atoms with E-state index in [0.29, 0.717) is 22.6 Å². The molecule has 1 aliphatic carbocycles. The minimum Gasteiger partial charge on any atom is -0.393 e. The van der Waals surface area contributed by atoms with Gasteiger partial charge in [0.05, 0.1) is 0 Å². The van der Waals surface area contributed by atoms with Crippen LogP contribution in [0.4, 0.5) is 11.5 Å². The van der Waals surface area contributed by atoms with Crippen molar-refractivity contribution in [2.45, 2.75) is 32.6 Å². The summed E-state index contributed by atoms with van der Waals surface area (Å²) in [6, 6.07) is 0. The highest BCUT2D eigenvalue weighted by molar-refractivity contribution is 6.32. The SMILES string of the molecule is CCN(CC)CCNc1nc(C2CC2)nc(Cl)c1N. The maximum absolute atomic E-state index is 6.06. The molecular weight excluding hydrogens is 262 g/mol. The molecule has 6 heteroatoms. The number of hydrogen-bond acceptors (Lipinski definition) is 5. The lowest BCUT2D eigenvalue weighted by Gasteiger charge is -2.18. The van der Waals surface area contributed by atoms with Gasteiger partial charge in [-0.15, -0.1) is 0 Å². The van der Waals surface area contributed by atoms with Crippen molar-refractivity contribution in [3.63, 3.8) is 0 Å². The first kappa shape index (κ1) is 14.3. The van der Waals surface area contributed by atoms with Gasteiger partial charge < -0.3 is 16.0 Å². The van der Waals surface area contributed by atoms with Crippen molar-refractivity contribution >= 4 is 23.1 Å². The maximum atomic E-state index is 6.06. The number of nitrogen functional groups attached to an aromatic ring is 1. The number of halogens is 1. The van der Waals surface area contributed by atoms with Crippen LogP contribution in [0.3, 0.4) is 0 Å². The van der Waals surface area contributed by atoms with Crippen molar-refractivity contribution in [3.05, 3.63) is 11.0 Å². The highest BCUT2D eigenvalue weighted by Gasteiger charge is 2.28. The summed E-state index contributed by atoms with van der Waals surface area (Å²) >= 11 is 6.06. The van der Waals surface area contributed by atoms with E-state index in [-0.39, 0.29) is 0 Å². The largest absolute Gasteiger partial charge is 0.393 e. The van der Waals surface area contributed by atoms with Crippen LogP contribution in [0.25, 0.3) is 0 Å². The van der Waals surface area contributed by atoms with Crippen molar-refractivity contribution in [1.29, 1.82) is 0 Å². The van der Waals surface area contributed by atoms with Gasteiger partial charge in [0.1, 0.15) is 11.5 Å². The molecule has 1 aliphatic rings. The van der Waals surface area contributed by atoms with Crippen LogP contribution in [-0.2, 0) is 0 Å². The van der Waals surface area contributed by atoms with Crippen molar-refractivity contribution in [2.24, 2.45) is 0 Å². The molecule has 2 rings (SSSR count). The fourth-order valence-corrected chi connectivity index (χ4v) is 2.17. The summed E-state index contributed by atoms with van der Waals surface area (Å²) in [6.07, 6.45) is 2.30. The molecule has 0 bridgehead atoms. The van der Waals surface area contributed by atoms with E-state index >= 15 is 0 Å². The van der Waals surface area contributed by atoms with Gasteiger partial charge >= 0.3 is 0 Å². The summed E-state index contributed by atoms with van der Waals surface area (Å²) in [7, 11) is 0. The molecule has 0 radical (unpaired) electrons. The van der Waals surface area contributed by atoms with E-state index in [1.54, 1.807) is 0 Å². The number of hydrogen-bond donors (Lipinski definition) is 2. The van der Waals surface area contributed by atoms with E-state index in [1.807, 2.05) is 0 Å². The number of anilines is 2. The molecule has 0 spiro atoms. The monoisotopic (exact) mass is 283 g/mol. The van der Waals surface area contributed by atoms with Crippen LogP contribution in [0.1, 0.15) is 38.4 Å². The molecule has 19 heavy (non-hydrogen) atoms. The Morgan fingerprint density at radius 3 is 2.58 bits per heavy atom. The molecular formula is C13H22ClN5. The van der Waals surface area contributed by atoms with Gasteiger partial charge in [-0.25, -0.2) is 9.97 Å². The Morgan fingerprint density at radius 2 is 2.00 bits per heavy atom. The van der Waals surface area contributed by atoms with E-state index in [9.17, 15) is 0 Å². The third-order valence-corrected chi connectivity index (χ3v) is 3.76. The topological polar surface area (TPSA) is 67.1 Å². The average molecular weight is 284 g/mol. The van der Waals surface area contributed by atoms with Crippen LogP contribution < -0.4 is 11.1 Å². The second kappa shape index (κ2) is 6.39. The summed E-state index contributed by atoms with van der Waals surface area (Å²) in [5.74, 6) is 1.97. The molecule has 0 amide bonds. The highest BCUT2D eigenvalue weighted by atomic mass is 35.5. The zero-order valence-corrected chi connectivity index (χ0v) is 12.4. The fourth-order valence-electron chi connectivity index (χ4n) is 1.99. The third kappa shape index (κ3) is 3.70. The lowest BCUT2D eigenvalue weighted by molar-refractivity contribution is 0.316. The molecule has 106 valence electrons. The Hall–Kier alpha value is -1.07. The highest BCUT2D eigenvalue weighted by Crippen LogP contribution is 2.40. The van der Waals surface area contributed by atoms with Crippen LogP contribution in [0.2, 0.25) is 5.15 Å². The van der Waals surface area contributed by atoms with Gasteiger partial charge in [-0.2, -0.15) is 0 Å². The molecule has 0 unspecified atom stereocenters. The van der Waals surface area contributed by atoms with Crippen LogP contribution in [0.5, 0.6) is 0 Å². The van der Waals surface area contributed by atoms with E-state index in [4.69, 9.17) is 17.3 Å². The standard InChI is InChI=1S/C13H22ClN5/c1-3-19(4-2)8-7-16-13-10(15)11(14)17-12(18-13)9-5-6-9/h9H,3-8,15H2,1-2H3,(H,16,17,18). The molecule has 0 aliphatic heterocycles. The average Bonchev–Trinajstić information content (AvgIpc) is 3.23. The maximum Gasteiger partial charge on any atom is 0.157 e. The number of aromatic nitrogens is 2. The number of nitrogens with zero attached hydrogens (tertiary/aromatic N) is 3. The van der Waals surface area contributed by atoms with E-state index in [1.165, 1.54) is 0 Å². The zero-order chi connectivity index (χ0) is 13.8. The minimum absolute atomic E-state index is 0.363. The van der Waals surface area contributed by atoms with Crippen molar-refractivity contribution < 1.29 is 0 Å². The number of rotatable bonds is 7. The van der Waals surface area contributed by atoms with Crippen LogP contribution in [-0.4, -0.2) is 41.0 Å². The zero-order valence-electron chi connectivity index (χ0n) is 11.6. The second-order valence-electron chi connectivity index (χ2n) is 4.86. The van der Waals surface area contributed by atoms with Crippen LogP contribution in [0, 0.1) is 0 Å². The Labute approximate surface area is 119 Å². The Balaban J connectivity index is 1.98. The van der Waals surface area contributed by atoms with Gasteiger partial charge in [0.2, 0.25) is 0 Å². The molecule has 1 aromatic heterocycles. The summed E-state index contributed by atoms with van der Waals surface area (Å²) in [5.41, 5.74) is 6.37. The molecule has 3 N–H and O–H groups in total. The Kier molecular flexibility index (Phi) is 4.82. The summed E-state index contributed by atoms with van der Waals surface area (Å²) in [4.78, 5) is 11.1. The molecule has 1 heterocycles. The first-order valence-electron chi connectivity index (χ1n) is 6.94. The summed E-state index contributed by atoms with van der Waals surface area (Å²) < 4.78 is 0. The second-order valence-corrected chi connectivity index (χ2v) is 5.22. The number of nitrogens with one attached hydrogen (secondary N) is 1. The predicted molar refractivity (Wildman–Crippen MR) is 79.7 cm³/mol. The quantitative estimate of drug-likeness (QED) is 0.752. The van der Waals surface area contributed by atoms with Gasteiger partial charge in [-0.3, -0.25) is 0 Å². The first-order chi connectivity index (χ1) is 9.15. The number of likely N-dealkylation sites (N-methyl/N-ethyl adjacent to an activating group) is 1. The van der Waals surface area contributed by atoms with E-state index in [0.717, 1.165) is 44.8 Å². The van der Waals surface area contributed by atoms with Crippen molar-refractivity contribution in [2.75, 3.05) is 37.2 Å². The predicted octanol–water partition coefficient (Wildman–Crippen LogP) is 2.34. The molecule has 0 atom stereocenters. The summed E-state index contributed by atoms with van der Waals surface area (Å²) in [6.45, 7) is 8.18. The minimum atomic E-state index is 0.363.